The van der Waals surface area contributed by atoms with Gasteiger partial charge in [-0.3, -0.25) is 4.79 Å². The molecule has 95 valence electrons. The second kappa shape index (κ2) is 12.7. The summed E-state index contributed by atoms with van der Waals surface area (Å²) in [5.41, 5.74) is 0. The van der Waals surface area contributed by atoms with E-state index >= 15 is 0 Å². The molecule has 1 radical (unpaired) electrons. The predicted octanol–water partition coefficient (Wildman–Crippen LogP) is 3.77. The SMILES string of the molecule is CCCCCCC(O)CCCCCC[C]=O. The van der Waals surface area contributed by atoms with Gasteiger partial charge in [-0.1, -0.05) is 51.9 Å². The molecule has 0 aromatic carbocycles. The van der Waals surface area contributed by atoms with Crippen molar-refractivity contribution >= 4 is 6.29 Å². The first kappa shape index (κ1) is 15.6. The van der Waals surface area contributed by atoms with Crippen LogP contribution in [0.4, 0.5) is 0 Å². The highest BCUT2D eigenvalue weighted by molar-refractivity contribution is 5.50. The van der Waals surface area contributed by atoms with Crippen molar-refractivity contribution in [3.05, 3.63) is 0 Å². The Balaban J connectivity index is 3.10. The van der Waals surface area contributed by atoms with Gasteiger partial charge in [0.2, 0.25) is 0 Å². The topological polar surface area (TPSA) is 37.3 Å². The number of aliphatic hydroxyl groups is 1. The average Bonchev–Trinajstić information content (AvgIpc) is 2.29. The van der Waals surface area contributed by atoms with Crippen molar-refractivity contribution in [2.75, 3.05) is 0 Å². The van der Waals surface area contributed by atoms with Gasteiger partial charge >= 0.3 is 0 Å². The van der Waals surface area contributed by atoms with Crippen molar-refractivity contribution < 1.29 is 9.90 Å². The van der Waals surface area contributed by atoms with Gasteiger partial charge in [-0.05, 0) is 19.3 Å². The minimum absolute atomic E-state index is 0.102. The molecule has 0 aliphatic carbocycles. The Morgan fingerprint density at radius 1 is 0.938 bits per heavy atom. The molecule has 0 saturated heterocycles. The molecule has 0 rings (SSSR count). The number of rotatable bonds is 12. The van der Waals surface area contributed by atoms with E-state index < -0.39 is 0 Å². The normalized spacial score (nSPS) is 12.6. The maximum Gasteiger partial charge on any atom is 0.198 e. The van der Waals surface area contributed by atoms with Gasteiger partial charge in [0, 0.05) is 6.42 Å². The van der Waals surface area contributed by atoms with Crippen molar-refractivity contribution in [2.24, 2.45) is 0 Å². The highest BCUT2D eigenvalue weighted by Gasteiger charge is 2.03. The summed E-state index contributed by atoms with van der Waals surface area (Å²) in [4.78, 5) is 9.95. The fourth-order valence-corrected chi connectivity index (χ4v) is 1.88. The molecule has 2 nitrogen and oxygen atoms in total. The Kier molecular flexibility index (Phi) is 12.4. The van der Waals surface area contributed by atoms with Gasteiger partial charge < -0.3 is 5.11 Å². The lowest BCUT2D eigenvalue weighted by atomic mass is 10.0. The second-order valence-electron chi connectivity index (χ2n) is 4.60. The van der Waals surface area contributed by atoms with Crippen molar-refractivity contribution in [3.63, 3.8) is 0 Å². The van der Waals surface area contributed by atoms with Crippen LogP contribution in [-0.2, 0) is 4.79 Å². The first-order valence-electron chi connectivity index (χ1n) is 6.84. The van der Waals surface area contributed by atoms with Crippen molar-refractivity contribution in [3.8, 4) is 0 Å². The van der Waals surface area contributed by atoms with Crippen molar-refractivity contribution in [1.29, 1.82) is 0 Å². The van der Waals surface area contributed by atoms with Crippen molar-refractivity contribution in [2.45, 2.75) is 83.7 Å². The van der Waals surface area contributed by atoms with Gasteiger partial charge in [0.15, 0.2) is 6.29 Å². The van der Waals surface area contributed by atoms with Gasteiger partial charge in [0.05, 0.1) is 6.10 Å². The predicted molar refractivity (Wildman–Crippen MR) is 68.2 cm³/mol. The lowest BCUT2D eigenvalue weighted by Crippen LogP contribution is -2.05. The summed E-state index contributed by atoms with van der Waals surface area (Å²) < 4.78 is 0. The highest BCUT2D eigenvalue weighted by Crippen LogP contribution is 2.12. The number of unbranched alkanes of at least 4 members (excludes halogenated alkanes) is 7. The quantitative estimate of drug-likeness (QED) is 0.515. The molecule has 0 heterocycles. The maximum atomic E-state index is 9.95. The number of aliphatic hydroxyl groups excluding tert-OH is 1. The van der Waals surface area contributed by atoms with E-state index in [2.05, 4.69) is 6.92 Å². The van der Waals surface area contributed by atoms with Crippen LogP contribution >= 0.6 is 0 Å². The summed E-state index contributed by atoms with van der Waals surface area (Å²) in [5, 5.41) is 9.69. The summed E-state index contributed by atoms with van der Waals surface area (Å²) in [5.74, 6) is 0. The number of hydrogen-bond acceptors (Lipinski definition) is 2. The molecule has 0 aliphatic heterocycles. The summed E-state index contributed by atoms with van der Waals surface area (Å²) >= 11 is 0. The van der Waals surface area contributed by atoms with E-state index in [1.165, 1.54) is 19.3 Å². The van der Waals surface area contributed by atoms with E-state index in [4.69, 9.17) is 0 Å². The number of hydrogen-bond donors (Lipinski definition) is 1. The Bertz CT molecular complexity index is 146. The minimum atomic E-state index is -0.102. The maximum absolute atomic E-state index is 9.95. The summed E-state index contributed by atoms with van der Waals surface area (Å²) in [7, 11) is 0. The monoisotopic (exact) mass is 227 g/mol. The van der Waals surface area contributed by atoms with Gasteiger partial charge in [-0.15, -0.1) is 0 Å². The first-order chi connectivity index (χ1) is 7.81. The van der Waals surface area contributed by atoms with Gasteiger partial charge in [0.25, 0.3) is 0 Å². The van der Waals surface area contributed by atoms with Crippen LogP contribution in [0.5, 0.6) is 0 Å². The largest absolute Gasteiger partial charge is 0.393 e. The van der Waals surface area contributed by atoms with E-state index in [-0.39, 0.29) is 6.10 Å². The molecule has 2 heteroatoms. The summed E-state index contributed by atoms with van der Waals surface area (Å²) in [6, 6.07) is 0. The molecule has 0 aliphatic rings. The molecule has 0 amide bonds. The molecule has 0 bridgehead atoms. The average molecular weight is 227 g/mol. The highest BCUT2D eigenvalue weighted by atomic mass is 16.3. The third-order valence-corrected chi connectivity index (χ3v) is 2.96. The third-order valence-electron chi connectivity index (χ3n) is 2.96. The van der Waals surface area contributed by atoms with E-state index in [0.717, 1.165) is 44.9 Å². The molecule has 1 unspecified atom stereocenters. The van der Waals surface area contributed by atoms with Crippen molar-refractivity contribution in [1.82, 2.24) is 0 Å². The minimum Gasteiger partial charge on any atom is -0.393 e. The summed E-state index contributed by atoms with van der Waals surface area (Å²) in [6.45, 7) is 2.20. The molecular weight excluding hydrogens is 200 g/mol. The Hall–Kier alpha value is -0.370. The van der Waals surface area contributed by atoms with Gasteiger partial charge in [-0.25, -0.2) is 0 Å². The Morgan fingerprint density at radius 3 is 2.06 bits per heavy atom. The molecule has 0 aromatic rings. The van der Waals surface area contributed by atoms with E-state index in [1.54, 1.807) is 0 Å². The van der Waals surface area contributed by atoms with Crippen LogP contribution in [0.25, 0.3) is 0 Å². The van der Waals surface area contributed by atoms with Crippen LogP contribution in [0.2, 0.25) is 0 Å². The van der Waals surface area contributed by atoms with Gasteiger partial charge in [0.1, 0.15) is 0 Å². The molecule has 0 fully saturated rings. The zero-order valence-electron chi connectivity index (χ0n) is 10.7. The Labute approximate surface area is 100 Å². The third kappa shape index (κ3) is 11.7. The second-order valence-corrected chi connectivity index (χ2v) is 4.60. The summed E-state index contributed by atoms with van der Waals surface area (Å²) in [6.07, 6.45) is 13.5. The number of carbonyl (C=O) groups excluding carboxylic acids is 1. The molecule has 0 saturated carbocycles. The van der Waals surface area contributed by atoms with Crippen LogP contribution in [0, 0.1) is 0 Å². The lowest BCUT2D eigenvalue weighted by molar-refractivity contribution is 0.147. The molecule has 0 spiro atoms. The zero-order chi connectivity index (χ0) is 12.1. The van der Waals surface area contributed by atoms with Crippen LogP contribution in [0.3, 0.4) is 0 Å². The zero-order valence-corrected chi connectivity index (χ0v) is 10.7. The standard InChI is InChI=1S/C14H27O2/c1-2-3-4-8-11-14(16)12-9-6-5-7-10-13-15/h14,16H,2-12H2,1H3. The van der Waals surface area contributed by atoms with Crippen LogP contribution < -0.4 is 0 Å². The fourth-order valence-electron chi connectivity index (χ4n) is 1.88. The fraction of sp³-hybridized carbons (Fsp3) is 0.929. The molecule has 0 aromatic heterocycles. The Morgan fingerprint density at radius 2 is 1.50 bits per heavy atom. The van der Waals surface area contributed by atoms with E-state index in [9.17, 15) is 9.90 Å². The lowest BCUT2D eigenvalue weighted by Gasteiger charge is -2.09. The van der Waals surface area contributed by atoms with E-state index in [0.29, 0.717) is 6.42 Å². The van der Waals surface area contributed by atoms with Gasteiger partial charge in [-0.2, -0.15) is 0 Å². The van der Waals surface area contributed by atoms with Crippen LogP contribution in [-0.4, -0.2) is 17.5 Å². The first-order valence-corrected chi connectivity index (χ1v) is 6.84. The molecule has 16 heavy (non-hydrogen) atoms. The smallest absolute Gasteiger partial charge is 0.198 e. The molecule has 1 atom stereocenters. The molecule has 1 N–H and O–H groups in total. The van der Waals surface area contributed by atoms with Crippen LogP contribution in [0.1, 0.15) is 77.6 Å². The van der Waals surface area contributed by atoms with E-state index in [1.807, 2.05) is 6.29 Å². The van der Waals surface area contributed by atoms with Crippen LogP contribution in [0.15, 0.2) is 0 Å². The molecular formula is C14H27O2.